The molecular formula is C13H21ClN2O. The van der Waals surface area contributed by atoms with Crippen molar-refractivity contribution in [3.05, 3.63) is 28.8 Å². The summed E-state index contributed by atoms with van der Waals surface area (Å²) in [5.41, 5.74) is 1.12. The van der Waals surface area contributed by atoms with Gasteiger partial charge in [-0.2, -0.15) is 0 Å². The fraction of sp³-hybridized carbons (Fsp3) is 0.538. The van der Waals surface area contributed by atoms with E-state index < -0.39 is 0 Å². The Bertz CT molecular complexity index is 355. The minimum absolute atomic E-state index is 0.256. The molecule has 0 radical (unpaired) electrons. The summed E-state index contributed by atoms with van der Waals surface area (Å²) in [7, 11) is 7.79. The van der Waals surface area contributed by atoms with E-state index in [4.69, 9.17) is 16.3 Å². The Morgan fingerprint density at radius 3 is 2.65 bits per heavy atom. The lowest BCUT2D eigenvalue weighted by Crippen LogP contribution is -2.23. The minimum atomic E-state index is 0.256. The van der Waals surface area contributed by atoms with Crippen LogP contribution in [0.25, 0.3) is 0 Å². The Balaban J connectivity index is 2.89. The second kappa shape index (κ2) is 6.84. The molecule has 96 valence electrons. The van der Waals surface area contributed by atoms with Gasteiger partial charge in [-0.05, 0) is 52.3 Å². The maximum absolute atomic E-state index is 6.04. The maximum atomic E-state index is 6.04. The molecule has 0 aliphatic rings. The highest BCUT2D eigenvalue weighted by Crippen LogP contribution is 2.29. The van der Waals surface area contributed by atoms with Gasteiger partial charge in [0.15, 0.2) is 0 Å². The number of hydrogen-bond acceptors (Lipinski definition) is 3. The lowest BCUT2D eigenvalue weighted by molar-refractivity contribution is 0.358. The van der Waals surface area contributed by atoms with Gasteiger partial charge in [0.05, 0.1) is 7.11 Å². The molecule has 0 amide bonds. The molecule has 0 spiro atoms. The van der Waals surface area contributed by atoms with E-state index in [1.54, 1.807) is 7.11 Å². The van der Waals surface area contributed by atoms with Crippen LogP contribution in [0.15, 0.2) is 18.2 Å². The van der Waals surface area contributed by atoms with Crippen molar-refractivity contribution in [2.75, 3.05) is 34.8 Å². The molecule has 1 atom stereocenters. The summed E-state index contributed by atoms with van der Waals surface area (Å²) in [6.07, 6.45) is 1.01. The molecule has 1 aromatic rings. The van der Waals surface area contributed by atoms with E-state index >= 15 is 0 Å². The highest BCUT2D eigenvalue weighted by Gasteiger charge is 2.15. The van der Waals surface area contributed by atoms with E-state index in [-0.39, 0.29) is 6.04 Å². The fourth-order valence-corrected chi connectivity index (χ4v) is 2.00. The molecule has 1 N–H and O–H groups in total. The third kappa shape index (κ3) is 4.19. The van der Waals surface area contributed by atoms with Crippen LogP contribution in [0, 0.1) is 0 Å². The van der Waals surface area contributed by atoms with Crippen molar-refractivity contribution in [1.29, 1.82) is 0 Å². The van der Waals surface area contributed by atoms with E-state index in [2.05, 4.69) is 24.3 Å². The zero-order valence-corrected chi connectivity index (χ0v) is 11.7. The lowest BCUT2D eigenvalue weighted by atomic mass is 10.0. The van der Waals surface area contributed by atoms with Crippen LogP contribution in [0.5, 0.6) is 5.75 Å². The van der Waals surface area contributed by atoms with Crippen molar-refractivity contribution in [1.82, 2.24) is 10.2 Å². The predicted molar refractivity (Wildman–Crippen MR) is 73.0 cm³/mol. The summed E-state index contributed by atoms with van der Waals surface area (Å²) in [5.74, 6) is 0.882. The molecule has 0 heterocycles. The number of benzene rings is 1. The van der Waals surface area contributed by atoms with Crippen molar-refractivity contribution < 1.29 is 4.74 Å². The molecule has 0 saturated heterocycles. The van der Waals surface area contributed by atoms with E-state index in [1.165, 1.54) is 0 Å². The Morgan fingerprint density at radius 2 is 2.12 bits per heavy atom. The lowest BCUT2D eigenvalue weighted by Gasteiger charge is -2.21. The van der Waals surface area contributed by atoms with Gasteiger partial charge in [-0.1, -0.05) is 11.6 Å². The smallest absolute Gasteiger partial charge is 0.123 e. The summed E-state index contributed by atoms with van der Waals surface area (Å²) in [6, 6.07) is 5.99. The van der Waals surface area contributed by atoms with Crippen LogP contribution in [0.2, 0.25) is 5.02 Å². The fourth-order valence-electron chi connectivity index (χ4n) is 1.82. The van der Waals surface area contributed by atoms with Crippen LogP contribution in [0.4, 0.5) is 0 Å². The average Bonchev–Trinajstić information content (AvgIpc) is 2.30. The van der Waals surface area contributed by atoms with Crippen LogP contribution < -0.4 is 10.1 Å². The molecule has 1 rings (SSSR count). The summed E-state index contributed by atoms with van der Waals surface area (Å²) in [4.78, 5) is 2.17. The van der Waals surface area contributed by atoms with Crippen molar-refractivity contribution >= 4 is 11.6 Å². The van der Waals surface area contributed by atoms with Gasteiger partial charge in [0.1, 0.15) is 5.75 Å². The van der Waals surface area contributed by atoms with E-state index in [1.807, 2.05) is 25.2 Å². The minimum Gasteiger partial charge on any atom is -0.496 e. The quantitative estimate of drug-likeness (QED) is 0.847. The topological polar surface area (TPSA) is 24.5 Å². The monoisotopic (exact) mass is 256 g/mol. The van der Waals surface area contributed by atoms with Gasteiger partial charge < -0.3 is 15.0 Å². The van der Waals surface area contributed by atoms with Gasteiger partial charge in [-0.3, -0.25) is 0 Å². The average molecular weight is 257 g/mol. The van der Waals surface area contributed by atoms with E-state index in [0.717, 1.165) is 29.3 Å². The van der Waals surface area contributed by atoms with Crippen molar-refractivity contribution in [3.63, 3.8) is 0 Å². The maximum Gasteiger partial charge on any atom is 0.123 e. The third-order valence-electron chi connectivity index (χ3n) is 2.78. The van der Waals surface area contributed by atoms with Gasteiger partial charge in [-0.25, -0.2) is 0 Å². The van der Waals surface area contributed by atoms with Crippen LogP contribution >= 0.6 is 11.6 Å². The molecule has 0 aliphatic carbocycles. The number of halogens is 1. The number of ether oxygens (including phenoxy) is 1. The van der Waals surface area contributed by atoms with Crippen molar-refractivity contribution in [3.8, 4) is 5.75 Å². The summed E-state index contributed by atoms with van der Waals surface area (Å²) in [6.45, 7) is 1.02. The zero-order valence-electron chi connectivity index (χ0n) is 11.0. The second-order valence-electron chi connectivity index (χ2n) is 4.32. The first kappa shape index (κ1) is 14.3. The highest BCUT2D eigenvalue weighted by molar-refractivity contribution is 6.30. The molecule has 0 bridgehead atoms. The number of nitrogens with one attached hydrogen (secondary N) is 1. The summed E-state index contributed by atoms with van der Waals surface area (Å²) >= 11 is 6.04. The highest BCUT2D eigenvalue weighted by atomic mass is 35.5. The molecule has 0 fully saturated rings. The number of hydrogen-bond donors (Lipinski definition) is 1. The van der Waals surface area contributed by atoms with Gasteiger partial charge in [-0.15, -0.1) is 0 Å². The van der Waals surface area contributed by atoms with E-state index in [9.17, 15) is 0 Å². The normalized spacial score (nSPS) is 12.8. The summed E-state index contributed by atoms with van der Waals surface area (Å²) in [5, 5.41) is 4.05. The molecule has 3 nitrogen and oxygen atoms in total. The molecule has 0 aromatic heterocycles. The molecule has 1 aromatic carbocycles. The molecular weight excluding hydrogens is 236 g/mol. The first-order chi connectivity index (χ1) is 8.08. The Labute approximate surface area is 109 Å². The number of nitrogens with zero attached hydrogens (tertiary/aromatic N) is 1. The Hall–Kier alpha value is -0.770. The molecule has 4 heteroatoms. The SMILES string of the molecule is CNC(CCN(C)C)c1cc(Cl)ccc1OC. The van der Waals surface area contributed by atoms with Crippen molar-refractivity contribution in [2.24, 2.45) is 0 Å². The van der Waals surface area contributed by atoms with Crippen LogP contribution in [-0.2, 0) is 0 Å². The first-order valence-corrected chi connectivity index (χ1v) is 6.11. The van der Waals surface area contributed by atoms with Gasteiger partial charge in [0.25, 0.3) is 0 Å². The van der Waals surface area contributed by atoms with Gasteiger partial charge >= 0.3 is 0 Å². The van der Waals surface area contributed by atoms with Crippen LogP contribution in [0.1, 0.15) is 18.0 Å². The summed E-state index contributed by atoms with van der Waals surface area (Å²) < 4.78 is 5.38. The van der Waals surface area contributed by atoms with Crippen LogP contribution in [0.3, 0.4) is 0 Å². The zero-order chi connectivity index (χ0) is 12.8. The van der Waals surface area contributed by atoms with Crippen LogP contribution in [-0.4, -0.2) is 39.7 Å². The predicted octanol–water partition coefficient (Wildman–Crippen LogP) is 2.56. The number of rotatable bonds is 6. The largest absolute Gasteiger partial charge is 0.496 e. The van der Waals surface area contributed by atoms with Gasteiger partial charge in [0.2, 0.25) is 0 Å². The molecule has 1 unspecified atom stereocenters. The van der Waals surface area contributed by atoms with Gasteiger partial charge in [0, 0.05) is 16.6 Å². The molecule has 17 heavy (non-hydrogen) atoms. The molecule has 0 aliphatic heterocycles. The Morgan fingerprint density at radius 1 is 1.41 bits per heavy atom. The first-order valence-electron chi connectivity index (χ1n) is 5.74. The third-order valence-corrected chi connectivity index (χ3v) is 3.02. The van der Waals surface area contributed by atoms with E-state index in [0.29, 0.717) is 0 Å². The molecule has 0 saturated carbocycles. The second-order valence-corrected chi connectivity index (χ2v) is 4.76. The number of methoxy groups -OCH3 is 1. The standard InChI is InChI=1S/C13H21ClN2O/c1-15-12(7-8-16(2)3)11-9-10(14)5-6-13(11)17-4/h5-6,9,12,15H,7-8H2,1-4H3. The Kier molecular flexibility index (Phi) is 5.75. The van der Waals surface area contributed by atoms with Crippen molar-refractivity contribution in [2.45, 2.75) is 12.5 Å².